The van der Waals surface area contributed by atoms with Crippen LogP contribution in [0.15, 0.2) is 21.7 Å². The van der Waals surface area contributed by atoms with Gasteiger partial charge < -0.3 is 0 Å². The van der Waals surface area contributed by atoms with Gasteiger partial charge in [-0.15, -0.1) is 16.1 Å². The average Bonchev–Trinajstić information content (AvgIpc) is 2.38. The highest BCUT2D eigenvalue weighted by Gasteiger charge is 2.12. The molecule has 1 rings (SSSR count). The SMILES string of the molecule is C[N]S(=O)(=O)c1cccs1. The van der Waals surface area contributed by atoms with Crippen molar-refractivity contribution in [2.24, 2.45) is 0 Å². The molecule has 5 heteroatoms. The number of hydrogen-bond acceptors (Lipinski definition) is 3. The Morgan fingerprint density at radius 1 is 1.60 bits per heavy atom. The predicted octanol–water partition coefficient (Wildman–Crippen LogP) is 0.671. The molecule has 0 aliphatic rings. The maximum absolute atomic E-state index is 10.9. The van der Waals surface area contributed by atoms with Gasteiger partial charge in [-0.25, -0.2) is 8.42 Å². The lowest BCUT2D eigenvalue weighted by atomic mass is 10.7. The van der Waals surface area contributed by atoms with Gasteiger partial charge in [0.25, 0.3) is 10.0 Å². The van der Waals surface area contributed by atoms with Gasteiger partial charge in [0.15, 0.2) is 0 Å². The van der Waals surface area contributed by atoms with Crippen molar-refractivity contribution < 1.29 is 8.42 Å². The van der Waals surface area contributed by atoms with Crippen molar-refractivity contribution in [2.45, 2.75) is 4.21 Å². The molecule has 0 amide bonds. The molecule has 0 saturated carbocycles. The maximum Gasteiger partial charge on any atom is 0.266 e. The largest absolute Gasteiger partial charge is 0.266 e. The summed E-state index contributed by atoms with van der Waals surface area (Å²) in [5, 5.41) is 1.71. The van der Waals surface area contributed by atoms with Gasteiger partial charge >= 0.3 is 0 Å². The second kappa shape index (κ2) is 2.69. The first kappa shape index (κ1) is 7.71. The zero-order valence-electron chi connectivity index (χ0n) is 5.31. The third-order valence-corrected chi connectivity index (χ3v) is 3.70. The van der Waals surface area contributed by atoms with Gasteiger partial charge in [-0.3, -0.25) is 0 Å². The first-order valence-electron chi connectivity index (χ1n) is 2.56. The van der Waals surface area contributed by atoms with Gasteiger partial charge in [0.05, 0.1) is 0 Å². The van der Waals surface area contributed by atoms with Gasteiger partial charge in [0.1, 0.15) is 4.21 Å². The zero-order chi connectivity index (χ0) is 7.61. The highest BCUT2D eigenvalue weighted by molar-refractivity contribution is 7.91. The Bertz CT molecular complexity index is 287. The van der Waals surface area contributed by atoms with Crippen molar-refractivity contribution in [3.8, 4) is 0 Å². The summed E-state index contributed by atoms with van der Waals surface area (Å²) in [5.41, 5.74) is 0. The lowest BCUT2D eigenvalue weighted by Crippen LogP contribution is -2.09. The van der Waals surface area contributed by atoms with Gasteiger partial charge in [-0.1, -0.05) is 6.07 Å². The molecule has 10 heavy (non-hydrogen) atoms. The van der Waals surface area contributed by atoms with E-state index in [9.17, 15) is 8.42 Å². The molecule has 0 unspecified atom stereocenters. The molecule has 1 aromatic heterocycles. The molecule has 1 heterocycles. The molecule has 0 aromatic carbocycles. The van der Waals surface area contributed by atoms with Crippen LogP contribution in [0.2, 0.25) is 0 Å². The molecule has 1 aromatic rings. The van der Waals surface area contributed by atoms with E-state index in [0.717, 1.165) is 0 Å². The van der Waals surface area contributed by atoms with Crippen molar-refractivity contribution in [1.29, 1.82) is 0 Å². The van der Waals surface area contributed by atoms with E-state index >= 15 is 0 Å². The number of hydrogen-bond donors (Lipinski definition) is 0. The fourth-order valence-corrected chi connectivity index (χ4v) is 2.26. The lowest BCUT2D eigenvalue weighted by Gasteiger charge is -1.92. The topological polar surface area (TPSA) is 48.2 Å². The summed E-state index contributed by atoms with van der Waals surface area (Å²) in [4.78, 5) is 0. The molecule has 1 radical (unpaired) electrons. The van der Waals surface area contributed by atoms with E-state index in [4.69, 9.17) is 0 Å². The van der Waals surface area contributed by atoms with Crippen LogP contribution in [0.25, 0.3) is 0 Å². The van der Waals surface area contributed by atoms with E-state index < -0.39 is 10.0 Å². The second-order valence-corrected chi connectivity index (χ2v) is 4.55. The van der Waals surface area contributed by atoms with E-state index in [1.807, 2.05) is 0 Å². The van der Waals surface area contributed by atoms with Crippen molar-refractivity contribution in [3.63, 3.8) is 0 Å². The van der Waals surface area contributed by atoms with Gasteiger partial charge in [-0.2, -0.15) is 0 Å². The first-order valence-corrected chi connectivity index (χ1v) is 4.88. The van der Waals surface area contributed by atoms with Crippen LogP contribution in [0.3, 0.4) is 0 Å². The first-order chi connectivity index (χ1) is 4.67. The standard InChI is InChI=1S/C5H6NO2S2/c1-6-10(7,8)5-3-2-4-9-5/h2-4H,1H3. The molecule has 0 aliphatic carbocycles. The van der Waals surface area contributed by atoms with E-state index in [1.54, 1.807) is 11.4 Å². The van der Waals surface area contributed by atoms with Crippen molar-refractivity contribution in [1.82, 2.24) is 4.72 Å². The summed E-state index contributed by atoms with van der Waals surface area (Å²) in [5.74, 6) is 0. The minimum Gasteiger partial charge on any atom is -0.205 e. The van der Waals surface area contributed by atoms with Crippen molar-refractivity contribution in [3.05, 3.63) is 17.5 Å². The van der Waals surface area contributed by atoms with E-state index in [0.29, 0.717) is 4.21 Å². The number of thiophene rings is 1. The van der Waals surface area contributed by atoms with E-state index in [2.05, 4.69) is 4.72 Å². The highest BCUT2D eigenvalue weighted by atomic mass is 32.2. The maximum atomic E-state index is 10.9. The predicted molar refractivity (Wildman–Crippen MR) is 39.6 cm³/mol. The Balaban J connectivity index is 3.09. The molecule has 0 saturated heterocycles. The lowest BCUT2D eigenvalue weighted by molar-refractivity contribution is 0.589. The quantitative estimate of drug-likeness (QED) is 0.665. The van der Waals surface area contributed by atoms with E-state index in [-0.39, 0.29) is 0 Å². The van der Waals surface area contributed by atoms with Crippen LogP contribution in [0, 0.1) is 0 Å². The highest BCUT2D eigenvalue weighted by Crippen LogP contribution is 2.14. The zero-order valence-corrected chi connectivity index (χ0v) is 6.95. The summed E-state index contributed by atoms with van der Waals surface area (Å²) in [6.45, 7) is 0. The minimum absolute atomic E-state index is 0.301. The van der Waals surface area contributed by atoms with Crippen LogP contribution in [-0.4, -0.2) is 15.5 Å². The molecule has 0 fully saturated rings. The number of nitrogens with zero attached hydrogens (tertiary/aromatic N) is 1. The average molecular weight is 176 g/mol. The Hall–Kier alpha value is -0.390. The van der Waals surface area contributed by atoms with Crippen LogP contribution < -0.4 is 4.72 Å². The smallest absolute Gasteiger partial charge is 0.205 e. The third-order valence-electron chi connectivity index (χ3n) is 0.990. The fraction of sp³-hybridized carbons (Fsp3) is 0.200. The van der Waals surface area contributed by atoms with Crippen molar-refractivity contribution in [2.75, 3.05) is 7.05 Å². The van der Waals surface area contributed by atoms with Crippen LogP contribution in [0.5, 0.6) is 0 Å². The third kappa shape index (κ3) is 1.36. The molecule has 0 atom stereocenters. The number of rotatable bonds is 2. The Kier molecular flexibility index (Phi) is 2.08. The summed E-state index contributed by atoms with van der Waals surface area (Å²) in [7, 11) is -2.04. The molecule has 0 N–H and O–H groups in total. The fourth-order valence-electron chi connectivity index (χ4n) is 0.500. The monoisotopic (exact) mass is 176 g/mol. The van der Waals surface area contributed by atoms with Gasteiger partial charge in [0.2, 0.25) is 0 Å². The normalized spacial score (nSPS) is 11.7. The van der Waals surface area contributed by atoms with Crippen LogP contribution in [0.1, 0.15) is 0 Å². The summed E-state index contributed by atoms with van der Waals surface area (Å²) < 4.78 is 25.4. The molecule has 0 spiro atoms. The van der Waals surface area contributed by atoms with Gasteiger partial charge in [0, 0.05) is 7.05 Å². The summed E-state index contributed by atoms with van der Waals surface area (Å²) in [6, 6.07) is 3.22. The van der Waals surface area contributed by atoms with Crippen LogP contribution in [-0.2, 0) is 10.0 Å². The summed E-state index contributed by atoms with van der Waals surface area (Å²) >= 11 is 1.17. The summed E-state index contributed by atoms with van der Waals surface area (Å²) in [6.07, 6.45) is 0. The minimum atomic E-state index is -3.31. The molecule has 55 valence electrons. The van der Waals surface area contributed by atoms with Crippen LogP contribution >= 0.6 is 11.3 Å². The molecular weight excluding hydrogens is 170 g/mol. The van der Waals surface area contributed by atoms with Crippen molar-refractivity contribution >= 4 is 21.4 Å². The van der Waals surface area contributed by atoms with E-state index in [1.165, 1.54) is 24.5 Å². The molecule has 0 bridgehead atoms. The second-order valence-electron chi connectivity index (χ2n) is 1.59. The Morgan fingerprint density at radius 2 is 2.30 bits per heavy atom. The Labute approximate surface area is 63.7 Å². The molecule has 3 nitrogen and oxygen atoms in total. The molecular formula is C5H6NO2S2. The Morgan fingerprint density at radius 3 is 2.70 bits per heavy atom. The van der Waals surface area contributed by atoms with Crippen LogP contribution in [0.4, 0.5) is 0 Å². The van der Waals surface area contributed by atoms with Gasteiger partial charge in [-0.05, 0) is 11.4 Å². The molecule has 0 aliphatic heterocycles. The number of sulfonamides is 1.